The van der Waals surface area contributed by atoms with Crippen LogP contribution < -0.4 is 0 Å². The number of methoxy groups -OCH3 is 1. The van der Waals surface area contributed by atoms with Gasteiger partial charge in [-0.1, -0.05) is 33.8 Å². The molecule has 12 atom stereocenters. The molecule has 1 N–H and O–H groups in total. The number of aliphatic hydroxyl groups is 1. The SMILES string of the molecule is CC[C@H]1OC(=O)/C(C)=C/[C@H](C)[C@@H](O[C@@H]2O[C@H](C)C[C@H](N(C)C)[C@H]2O)[C@@](C)(OC)C[C@@H](C)C2=NN3C(=O)O[C@@]1(C)[C@H]3[C@H]2C. The van der Waals surface area contributed by atoms with E-state index in [0.29, 0.717) is 24.8 Å². The van der Waals surface area contributed by atoms with Gasteiger partial charge in [0.05, 0.1) is 17.8 Å². The Kier molecular flexibility index (Phi) is 9.50. The molecule has 0 unspecified atom stereocenters. The number of hydrogen-bond acceptors (Lipinski definition) is 10. The topological polar surface area (TPSA) is 119 Å². The van der Waals surface area contributed by atoms with Crippen LogP contribution in [0.15, 0.2) is 16.8 Å². The van der Waals surface area contributed by atoms with E-state index in [4.69, 9.17) is 28.8 Å². The number of fused-ring (bicyclic) bond motifs is 1. The Hall–Kier alpha value is -2.05. The van der Waals surface area contributed by atoms with Crippen LogP contribution in [0.5, 0.6) is 0 Å². The highest BCUT2D eigenvalue weighted by Crippen LogP contribution is 2.46. The van der Waals surface area contributed by atoms with Crippen molar-refractivity contribution >= 4 is 17.8 Å². The Labute approximate surface area is 250 Å². The van der Waals surface area contributed by atoms with Gasteiger partial charge in [0, 0.05) is 36.3 Å². The van der Waals surface area contributed by atoms with Gasteiger partial charge in [0.2, 0.25) is 0 Å². The van der Waals surface area contributed by atoms with Crippen molar-refractivity contribution in [3.8, 4) is 0 Å². The van der Waals surface area contributed by atoms with Crippen LogP contribution in [0.1, 0.15) is 74.7 Å². The molecule has 4 aliphatic rings. The summed E-state index contributed by atoms with van der Waals surface area (Å²) in [6.45, 7) is 15.5. The molecule has 11 nitrogen and oxygen atoms in total. The van der Waals surface area contributed by atoms with Crippen molar-refractivity contribution in [1.29, 1.82) is 0 Å². The number of carbonyl (C=O) groups excluding carboxylic acids is 2. The van der Waals surface area contributed by atoms with Gasteiger partial charge in [-0.25, -0.2) is 9.59 Å². The summed E-state index contributed by atoms with van der Waals surface area (Å²) in [5.41, 5.74) is -0.681. The number of carbonyl (C=O) groups is 2. The molecule has 1 amide bonds. The van der Waals surface area contributed by atoms with Crippen molar-refractivity contribution in [3.05, 3.63) is 11.6 Å². The van der Waals surface area contributed by atoms with Crippen molar-refractivity contribution in [2.45, 2.75) is 129 Å². The largest absolute Gasteiger partial charge is 0.455 e. The predicted octanol–water partition coefficient (Wildman–Crippen LogP) is 3.73. The van der Waals surface area contributed by atoms with Crippen LogP contribution in [0.3, 0.4) is 0 Å². The molecule has 0 spiro atoms. The second-order valence-corrected chi connectivity index (χ2v) is 13.4. The van der Waals surface area contributed by atoms with Crippen LogP contribution in [-0.2, 0) is 28.5 Å². The minimum Gasteiger partial charge on any atom is -0.455 e. The van der Waals surface area contributed by atoms with Crippen molar-refractivity contribution in [2.75, 3.05) is 21.2 Å². The molecule has 0 aromatic rings. The molecule has 238 valence electrons. The molecule has 4 aliphatic heterocycles. The smallest absolute Gasteiger partial charge is 0.431 e. The highest BCUT2D eigenvalue weighted by molar-refractivity contribution is 5.94. The lowest BCUT2D eigenvalue weighted by Crippen LogP contribution is -2.58. The van der Waals surface area contributed by atoms with Crippen LogP contribution in [-0.4, -0.2) is 108 Å². The maximum atomic E-state index is 13.5. The van der Waals surface area contributed by atoms with Gasteiger partial charge >= 0.3 is 12.1 Å². The summed E-state index contributed by atoms with van der Waals surface area (Å²) in [7, 11) is 5.52. The number of likely N-dealkylation sites (N-methyl/N-ethyl adjacent to an activating group) is 1. The van der Waals surface area contributed by atoms with Gasteiger partial charge in [0.1, 0.15) is 18.2 Å². The van der Waals surface area contributed by atoms with E-state index in [9.17, 15) is 14.7 Å². The number of cyclic esters (lactones) is 1. The molecular weight excluding hydrogens is 542 g/mol. The maximum Gasteiger partial charge on any atom is 0.431 e. The molecule has 2 fully saturated rings. The molecule has 0 saturated carbocycles. The standard InChI is InChI=1S/C31H51N3O8/c1-12-22-31(8)25-20(6)23(32-34(25)29(37)42-31)18(4)15-30(7,38-11)26(16(2)13-17(3)27(36)40-22)41-28-24(35)21(33(9)10)14-19(5)39-28/h13,16,18-22,24-26,28,35H,12,14-15H2,1-11H3/b17-13+/t16-,18+,19+,20-,21-,22+,24+,25+,26+,28-,30-,31+/m0/s1. The average Bonchev–Trinajstić information content (AvgIpc) is 3.40. The number of amides is 1. The second kappa shape index (κ2) is 12.1. The molecule has 0 aromatic carbocycles. The van der Waals surface area contributed by atoms with E-state index in [2.05, 4.69) is 6.92 Å². The van der Waals surface area contributed by atoms with Crippen LogP contribution in [0.2, 0.25) is 0 Å². The normalized spacial score (nSPS) is 46.1. The maximum absolute atomic E-state index is 13.5. The molecule has 4 rings (SSSR count). The summed E-state index contributed by atoms with van der Waals surface area (Å²) in [5.74, 6) is -1.05. The lowest BCUT2D eigenvalue weighted by Gasteiger charge is -2.46. The molecule has 2 saturated heterocycles. The monoisotopic (exact) mass is 593 g/mol. The van der Waals surface area contributed by atoms with Crippen LogP contribution in [0.4, 0.5) is 4.79 Å². The number of rotatable bonds is 5. The first kappa shape index (κ1) is 32.9. The highest BCUT2D eigenvalue weighted by atomic mass is 16.7. The first-order chi connectivity index (χ1) is 19.6. The van der Waals surface area contributed by atoms with Crippen LogP contribution >= 0.6 is 0 Å². The van der Waals surface area contributed by atoms with Crippen LogP contribution in [0, 0.1) is 17.8 Å². The molecule has 4 heterocycles. The van der Waals surface area contributed by atoms with Crippen molar-refractivity contribution in [1.82, 2.24) is 9.91 Å². The van der Waals surface area contributed by atoms with Crippen molar-refractivity contribution < 1.29 is 38.4 Å². The summed E-state index contributed by atoms with van der Waals surface area (Å²) in [6, 6.07) is -0.558. The number of hydrazone groups is 1. The number of esters is 1. The van der Waals surface area contributed by atoms with Gasteiger partial charge in [-0.3, -0.25) is 0 Å². The number of hydrogen-bond donors (Lipinski definition) is 1. The van der Waals surface area contributed by atoms with Crippen molar-refractivity contribution in [2.24, 2.45) is 22.9 Å². The Balaban J connectivity index is 1.78. The van der Waals surface area contributed by atoms with E-state index >= 15 is 0 Å². The molecule has 0 aliphatic carbocycles. The van der Waals surface area contributed by atoms with Gasteiger partial charge < -0.3 is 33.7 Å². The second-order valence-electron chi connectivity index (χ2n) is 13.4. The highest BCUT2D eigenvalue weighted by Gasteiger charge is 2.62. The molecule has 42 heavy (non-hydrogen) atoms. The van der Waals surface area contributed by atoms with E-state index < -0.39 is 53.9 Å². The Morgan fingerprint density at radius 3 is 2.45 bits per heavy atom. The fourth-order valence-corrected chi connectivity index (χ4v) is 7.67. The Morgan fingerprint density at radius 1 is 1.19 bits per heavy atom. The van der Waals surface area contributed by atoms with E-state index in [1.54, 1.807) is 14.0 Å². The van der Waals surface area contributed by atoms with Crippen LogP contribution in [0.25, 0.3) is 0 Å². The van der Waals surface area contributed by atoms with E-state index in [-0.39, 0.29) is 29.9 Å². The zero-order valence-electron chi connectivity index (χ0n) is 27.1. The predicted molar refractivity (Wildman–Crippen MR) is 157 cm³/mol. The zero-order chi connectivity index (χ0) is 31.3. The molecule has 0 radical (unpaired) electrons. The number of nitrogens with zero attached hydrogens (tertiary/aromatic N) is 3. The number of ether oxygens (including phenoxy) is 5. The third-order valence-electron chi connectivity index (χ3n) is 9.92. The van der Waals surface area contributed by atoms with Gasteiger partial charge in [-0.15, -0.1) is 0 Å². The van der Waals surface area contributed by atoms with Gasteiger partial charge in [-0.05, 0) is 67.0 Å². The fourth-order valence-electron chi connectivity index (χ4n) is 7.67. The summed E-state index contributed by atoms with van der Waals surface area (Å²) in [6.07, 6.45) is -0.233. The average molecular weight is 594 g/mol. The summed E-state index contributed by atoms with van der Waals surface area (Å²) in [4.78, 5) is 28.5. The van der Waals surface area contributed by atoms with E-state index in [1.807, 2.05) is 66.6 Å². The minimum atomic E-state index is -1.06. The van der Waals surface area contributed by atoms with E-state index in [1.165, 1.54) is 5.01 Å². The zero-order valence-corrected chi connectivity index (χ0v) is 27.1. The quantitative estimate of drug-likeness (QED) is 0.476. The summed E-state index contributed by atoms with van der Waals surface area (Å²) in [5, 5.41) is 17.5. The lowest BCUT2D eigenvalue weighted by atomic mass is 9.75. The third kappa shape index (κ3) is 5.75. The minimum absolute atomic E-state index is 0.0906. The first-order valence-corrected chi connectivity index (χ1v) is 15.3. The lowest BCUT2D eigenvalue weighted by molar-refractivity contribution is -0.294. The molecule has 11 heteroatoms. The summed E-state index contributed by atoms with van der Waals surface area (Å²) >= 11 is 0. The van der Waals surface area contributed by atoms with E-state index in [0.717, 1.165) is 5.71 Å². The Bertz CT molecular complexity index is 1100. The molecular formula is C31H51N3O8. The first-order valence-electron chi connectivity index (χ1n) is 15.3. The fraction of sp³-hybridized carbons (Fsp3) is 0.839. The number of aliphatic hydroxyl groups excluding tert-OH is 1. The molecule has 2 bridgehead atoms. The third-order valence-corrected chi connectivity index (χ3v) is 9.92. The van der Waals surface area contributed by atoms with Gasteiger partial charge in [-0.2, -0.15) is 10.1 Å². The summed E-state index contributed by atoms with van der Waals surface area (Å²) < 4.78 is 31.0. The van der Waals surface area contributed by atoms with Crippen molar-refractivity contribution in [3.63, 3.8) is 0 Å². The van der Waals surface area contributed by atoms with Gasteiger partial charge in [0.25, 0.3) is 0 Å². The Morgan fingerprint density at radius 2 is 1.86 bits per heavy atom. The molecule has 0 aromatic heterocycles. The van der Waals surface area contributed by atoms with Gasteiger partial charge in [0.15, 0.2) is 11.9 Å².